The van der Waals surface area contributed by atoms with E-state index in [2.05, 4.69) is 0 Å². The van der Waals surface area contributed by atoms with Gasteiger partial charge in [-0.3, -0.25) is 0 Å². The molecule has 0 atom stereocenters. The lowest BCUT2D eigenvalue weighted by Crippen LogP contribution is -1.91. The molecule has 0 bridgehead atoms. The Bertz CT molecular complexity index is 311. The Morgan fingerprint density at radius 3 is 2.14 bits per heavy atom. The second-order valence-corrected chi connectivity index (χ2v) is 3.73. The number of halogens is 1. The summed E-state index contributed by atoms with van der Waals surface area (Å²) in [5.41, 5.74) is 3.25. The molecule has 2 rings (SSSR count). The average molecular weight is 194 g/mol. The molecule has 0 amide bonds. The second-order valence-electron chi connectivity index (χ2n) is 3.73. The molecule has 1 aromatic rings. The predicted molar refractivity (Wildman–Crippen MR) is 59.2 cm³/mol. The molecule has 1 fully saturated rings. The van der Waals surface area contributed by atoms with Crippen molar-refractivity contribution in [2.45, 2.75) is 46.5 Å². The van der Waals surface area contributed by atoms with Gasteiger partial charge in [0.2, 0.25) is 0 Å². The maximum Gasteiger partial charge on any atom is 0.126 e. The summed E-state index contributed by atoms with van der Waals surface area (Å²) >= 11 is 0. The molecule has 0 unspecified atom stereocenters. The van der Waals surface area contributed by atoms with Crippen LogP contribution in [0.25, 0.3) is 0 Å². The van der Waals surface area contributed by atoms with Crippen molar-refractivity contribution in [2.75, 3.05) is 0 Å². The van der Waals surface area contributed by atoms with Crippen molar-refractivity contribution >= 4 is 0 Å². The Hall–Kier alpha value is -0.850. The van der Waals surface area contributed by atoms with Gasteiger partial charge in [0, 0.05) is 0 Å². The highest BCUT2D eigenvalue weighted by molar-refractivity contribution is 5.36. The van der Waals surface area contributed by atoms with Crippen molar-refractivity contribution in [1.82, 2.24) is 0 Å². The van der Waals surface area contributed by atoms with Gasteiger partial charge in [-0.15, -0.1) is 0 Å². The molecule has 1 aliphatic carbocycles. The number of hydrogen-bond donors (Lipinski definition) is 0. The van der Waals surface area contributed by atoms with Gasteiger partial charge in [0.1, 0.15) is 5.82 Å². The normalized spacial score (nSPS) is 14.6. The molecule has 0 radical (unpaired) electrons. The van der Waals surface area contributed by atoms with E-state index in [1.165, 1.54) is 18.4 Å². The molecule has 1 heteroatoms. The third kappa shape index (κ3) is 2.34. The zero-order valence-electron chi connectivity index (χ0n) is 9.52. The Labute approximate surface area is 86.2 Å². The van der Waals surface area contributed by atoms with Crippen LogP contribution in [0.4, 0.5) is 4.39 Å². The van der Waals surface area contributed by atoms with Crippen LogP contribution in [0.15, 0.2) is 12.1 Å². The molecule has 78 valence electrons. The molecule has 0 heterocycles. The lowest BCUT2D eigenvalue weighted by Gasteiger charge is -2.05. The highest BCUT2D eigenvalue weighted by Crippen LogP contribution is 2.42. The quantitative estimate of drug-likeness (QED) is 0.623. The molecule has 0 spiro atoms. The molecule has 0 N–H and O–H groups in total. The zero-order chi connectivity index (χ0) is 10.7. The van der Waals surface area contributed by atoms with Crippen LogP contribution in [-0.4, -0.2) is 0 Å². The van der Waals surface area contributed by atoms with Crippen LogP contribution >= 0.6 is 0 Å². The van der Waals surface area contributed by atoms with Gasteiger partial charge in [0.15, 0.2) is 0 Å². The lowest BCUT2D eigenvalue weighted by atomic mass is 10.0. The van der Waals surface area contributed by atoms with Crippen LogP contribution in [0.3, 0.4) is 0 Å². The molecular weight excluding hydrogens is 175 g/mol. The molecule has 14 heavy (non-hydrogen) atoms. The van der Waals surface area contributed by atoms with E-state index in [-0.39, 0.29) is 5.82 Å². The first kappa shape index (κ1) is 11.2. The lowest BCUT2D eigenvalue weighted by molar-refractivity contribution is 0.616. The standard InChI is InChI=1S/C11H13F.C2H6/c1-7-6-11(12)8(2)5-10(7)9-3-4-9;1-2/h5-6,9H,3-4H2,1-2H3;1-2H3. The first-order valence-electron chi connectivity index (χ1n) is 5.45. The number of aryl methyl sites for hydroxylation is 2. The fourth-order valence-corrected chi connectivity index (χ4v) is 1.64. The van der Waals surface area contributed by atoms with Crippen molar-refractivity contribution in [3.05, 3.63) is 34.6 Å². The molecular formula is C13H19F. The SMILES string of the molecule is CC.Cc1cc(C2CC2)c(C)cc1F. The Balaban J connectivity index is 0.000000461. The van der Waals surface area contributed by atoms with Gasteiger partial charge in [-0.1, -0.05) is 19.9 Å². The summed E-state index contributed by atoms with van der Waals surface area (Å²) in [6.07, 6.45) is 2.57. The van der Waals surface area contributed by atoms with E-state index in [4.69, 9.17) is 0 Å². The maximum absolute atomic E-state index is 13.0. The van der Waals surface area contributed by atoms with Gasteiger partial charge in [-0.25, -0.2) is 4.39 Å². The highest BCUT2D eigenvalue weighted by Gasteiger charge is 2.25. The predicted octanol–water partition coefficient (Wildman–Crippen LogP) is 4.35. The zero-order valence-corrected chi connectivity index (χ0v) is 9.52. The summed E-state index contributed by atoms with van der Waals surface area (Å²) in [6, 6.07) is 3.66. The monoisotopic (exact) mass is 194 g/mol. The van der Waals surface area contributed by atoms with Crippen molar-refractivity contribution in [3.63, 3.8) is 0 Å². The van der Waals surface area contributed by atoms with E-state index < -0.39 is 0 Å². The summed E-state index contributed by atoms with van der Waals surface area (Å²) in [4.78, 5) is 0. The van der Waals surface area contributed by atoms with Gasteiger partial charge in [0.25, 0.3) is 0 Å². The minimum Gasteiger partial charge on any atom is -0.207 e. The van der Waals surface area contributed by atoms with Crippen molar-refractivity contribution in [1.29, 1.82) is 0 Å². The summed E-state index contributed by atoms with van der Waals surface area (Å²) < 4.78 is 13.0. The fraction of sp³-hybridized carbons (Fsp3) is 0.538. The molecule has 1 saturated carbocycles. The van der Waals surface area contributed by atoms with Crippen molar-refractivity contribution in [3.8, 4) is 0 Å². The third-order valence-corrected chi connectivity index (χ3v) is 2.56. The average Bonchev–Trinajstić information content (AvgIpc) is 2.98. The van der Waals surface area contributed by atoms with Crippen LogP contribution in [0, 0.1) is 19.7 Å². The Morgan fingerprint density at radius 1 is 1.07 bits per heavy atom. The van der Waals surface area contributed by atoms with Gasteiger partial charge in [-0.2, -0.15) is 0 Å². The van der Waals surface area contributed by atoms with E-state index in [1.54, 1.807) is 6.07 Å². The van der Waals surface area contributed by atoms with Crippen molar-refractivity contribution < 1.29 is 4.39 Å². The summed E-state index contributed by atoms with van der Waals surface area (Å²) in [6.45, 7) is 7.83. The van der Waals surface area contributed by atoms with Crippen LogP contribution in [0.1, 0.15) is 49.3 Å². The topological polar surface area (TPSA) is 0 Å². The molecule has 0 aliphatic heterocycles. The molecule has 0 saturated heterocycles. The van der Waals surface area contributed by atoms with Crippen LogP contribution in [0.2, 0.25) is 0 Å². The van der Waals surface area contributed by atoms with Gasteiger partial charge in [-0.05, 0) is 55.4 Å². The Kier molecular flexibility index (Phi) is 3.68. The van der Waals surface area contributed by atoms with E-state index in [1.807, 2.05) is 33.8 Å². The number of hydrogen-bond acceptors (Lipinski definition) is 0. The van der Waals surface area contributed by atoms with E-state index >= 15 is 0 Å². The van der Waals surface area contributed by atoms with E-state index in [0.29, 0.717) is 0 Å². The van der Waals surface area contributed by atoms with Gasteiger partial charge < -0.3 is 0 Å². The maximum atomic E-state index is 13.0. The summed E-state index contributed by atoms with van der Waals surface area (Å²) in [5, 5.41) is 0. The third-order valence-electron chi connectivity index (χ3n) is 2.56. The van der Waals surface area contributed by atoms with Crippen LogP contribution < -0.4 is 0 Å². The smallest absolute Gasteiger partial charge is 0.126 e. The minimum atomic E-state index is -0.0723. The number of rotatable bonds is 1. The fourth-order valence-electron chi connectivity index (χ4n) is 1.64. The molecule has 1 aromatic carbocycles. The van der Waals surface area contributed by atoms with E-state index in [0.717, 1.165) is 17.0 Å². The summed E-state index contributed by atoms with van der Waals surface area (Å²) in [5.74, 6) is 0.654. The highest BCUT2D eigenvalue weighted by atomic mass is 19.1. The molecule has 1 aliphatic rings. The van der Waals surface area contributed by atoms with E-state index in [9.17, 15) is 4.39 Å². The van der Waals surface area contributed by atoms with Crippen LogP contribution in [-0.2, 0) is 0 Å². The molecule has 0 aromatic heterocycles. The second kappa shape index (κ2) is 4.59. The Morgan fingerprint density at radius 2 is 1.64 bits per heavy atom. The molecule has 0 nitrogen and oxygen atoms in total. The van der Waals surface area contributed by atoms with Crippen molar-refractivity contribution in [2.24, 2.45) is 0 Å². The first-order valence-corrected chi connectivity index (χ1v) is 5.45. The first-order chi connectivity index (χ1) is 6.68. The summed E-state index contributed by atoms with van der Waals surface area (Å²) in [7, 11) is 0. The minimum absolute atomic E-state index is 0.0723. The van der Waals surface area contributed by atoms with Crippen LogP contribution in [0.5, 0.6) is 0 Å². The largest absolute Gasteiger partial charge is 0.207 e. The number of benzene rings is 1. The van der Waals surface area contributed by atoms with Gasteiger partial charge in [0.05, 0.1) is 0 Å². The van der Waals surface area contributed by atoms with Gasteiger partial charge >= 0.3 is 0 Å².